The van der Waals surface area contributed by atoms with Crippen molar-refractivity contribution in [2.24, 2.45) is 5.10 Å². The second kappa shape index (κ2) is 12.9. The lowest BCUT2D eigenvalue weighted by molar-refractivity contribution is 0.247. The minimum atomic E-state index is -0.412. The van der Waals surface area contributed by atoms with Gasteiger partial charge in [-0.25, -0.2) is 10.2 Å². The fourth-order valence-corrected chi connectivity index (χ4v) is 3.12. The molecular formula is C27H31N3O3. The van der Waals surface area contributed by atoms with Crippen LogP contribution in [0.3, 0.4) is 0 Å². The maximum atomic E-state index is 11.9. The molecule has 1 unspecified atom stereocenters. The normalized spacial score (nSPS) is 11.7. The maximum absolute atomic E-state index is 11.9. The molecule has 0 aliphatic heterocycles. The number of hydrazone groups is 1. The highest BCUT2D eigenvalue weighted by Crippen LogP contribution is 2.21. The molecule has 2 N–H and O–H groups in total. The molecule has 0 radical (unpaired) electrons. The highest BCUT2D eigenvalue weighted by atomic mass is 16.5. The molecule has 0 aromatic heterocycles. The summed E-state index contributed by atoms with van der Waals surface area (Å²) in [5, 5.41) is 6.72. The number of nitrogens with zero attached hydrogens (tertiary/aromatic N) is 1. The standard InChI is InChI=1S/C27H31N3O3/c1-3-21(2)22-14-16-25(17-15-22)32-18-9-19-33-26-13-8-7-10-23(26)20-28-30-27(31)29-24-11-5-4-6-12-24/h4-8,10-17,20-21H,3,9,18-19H2,1-2H3,(H2,29,30,31). The highest BCUT2D eigenvalue weighted by molar-refractivity contribution is 5.90. The zero-order valence-corrected chi connectivity index (χ0v) is 19.2. The lowest BCUT2D eigenvalue weighted by Crippen LogP contribution is -2.24. The summed E-state index contributed by atoms with van der Waals surface area (Å²) >= 11 is 0. The molecule has 0 fully saturated rings. The van der Waals surface area contributed by atoms with Crippen LogP contribution in [0.25, 0.3) is 0 Å². The number of hydrogen-bond donors (Lipinski definition) is 2. The Bertz CT molecular complexity index is 1020. The first-order valence-electron chi connectivity index (χ1n) is 11.3. The third-order valence-corrected chi connectivity index (χ3v) is 5.20. The van der Waals surface area contributed by atoms with Gasteiger partial charge in [0.1, 0.15) is 11.5 Å². The lowest BCUT2D eigenvalue weighted by atomic mass is 9.99. The van der Waals surface area contributed by atoms with Gasteiger partial charge in [0.05, 0.1) is 19.4 Å². The van der Waals surface area contributed by atoms with E-state index in [-0.39, 0.29) is 0 Å². The molecule has 1 atom stereocenters. The highest BCUT2D eigenvalue weighted by Gasteiger charge is 2.04. The molecule has 6 heteroatoms. The number of rotatable bonds is 11. The van der Waals surface area contributed by atoms with Crippen LogP contribution >= 0.6 is 0 Å². The smallest absolute Gasteiger partial charge is 0.339 e. The minimum Gasteiger partial charge on any atom is -0.493 e. The van der Waals surface area contributed by atoms with Crippen LogP contribution in [0, 0.1) is 0 Å². The van der Waals surface area contributed by atoms with Crippen molar-refractivity contribution in [3.8, 4) is 11.5 Å². The quantitative estimate of drug-likeness (QED) is 0.210. The monoisotopic (exact) mass is 445 g/mol. The first-order valence-corrected chi connectivity index (χ1v) is 11.3. The van der Waals surface area contributed by atoms with Crippen LogP contribution in [0.1, 0.15) is 43.7 Å². The molecule has 172 valence electrons. The van der Waals surface area contributed by atoms with Gasteiger partial charge in [-0.2, -0.15) is 5.10 Å². The Morgan fingerprint density at radius 2 is 1.64 bits per heavy atom. The number of anilines is 1. The number of amides is 2. The van der Waals surface area contributed by atoms with Crippen molar-refractivity contribution in [1.82, 2.24) is 5.43 Å². The number of ether oxygens (including phenoxy) is 2. The third-order valence-electron chi connectivity index (χ3n) is 5.20. The second-order valence-electron chi connectivity index (χ2n) is 7.66. The molecule has 33 heavy (non-hydrogen) atoms. The summed E-state index contributed by atoms with van der Waals surface area (Å²) in [6.45, 7) is 5.50. The van der Waals surface area contributed by atoms with Gasteiger partial charge < -0.3 is 14.8 Å². The topological polar surface area (TPSA) is 72.0 Å². The molecule has 0 spiro atoms. The summed E-state index contributed by atoms with van der Waals surface area (Å²) in [5.74, 6) is 2.13. The molecule has 3 rings (SSSR count). The van der Waals surface area contributed by atoms with E-state index in [1.165, 1.54) is 5.56 Å². The number of nitrogens with one attached hydrogen (secondary N) is 2. The van der Waals surface area contributed by atoms with Gasteiger partial charge in [-0.05, 0) is 54.3 Å². The number of para-hydroxylation sites is 2. The van der Waals surface area contributed by atoms with Crippen molar-refractivity contribution in [1.29, 1.82) is 0 Å². The van der Waals surface area contributed by atoms with Crippen LogP contribution < -0.4 is 20.2 Å². The van der Waals surface area contributed by atoms with Gasteiger partial charge in [-0.1, -0.05) is 56.3 Å². The Morgan fingerprint density at radius 1 is 0.939 bits per heavy atom. The zero-order chi connectivity index (χ0) is 23.3. The van der Waals surface area contributed by atoms with Gasteiger partial charge in [0.15, 0.2) is 0 Å². The van der Waals surface area contributed by atoms with Gasteiger partial charge in [-0.3, -0.25) is 0 Å². The van der Waals surface area contributed by atoms with Gasteiger partial charge in [0.25, 0.3) is 0 Å². The number of urea groups is 1. The van der Waals surface area contributed by atoms with E-state index in [0.717, 1.165) is 24.2 Å². The Kier molecular flexibility index (Phi) is 9.33. The maximum Gasteiger partial charge on any atom is 0.339 e. The Hall–Kier alpha value is -3.80. The Labute approximate surface area is 195 Å². The van der Waals surface area contributed by atoms with E-state index in [2.05, 4.69) is 41.8 Å². The third kappa shape index (κ3) is 8.00. The average Bonchev–Trinajstić information content (AvgIpc) is 2.85. The molecule has 6 nitrogen and oxygen atoms in total. The summed E-state index contributed by atoms with van der Waals surface area (Å²) in [7, 11) is 0. The van der Waals surface area contributed by atoms with Crippen LogP contribution in [0.15, 0.2) is 84.0 Å². The van der Waals surface area contributed by atoms with Crippen LogP contribution in [-0.2, 0) is 0 Å². The molecule has 3 aromatic rings. The fraction of sp³-hybridized carbons (Fsp3) is 0.259. The fourth-order valence-electron chi connectivity index (χ4n) is 3.12. The number of carbonyl (C=O) groups excluding carboxylic acids is 1. The van der Waals surface area contributed by atoms with Crippen molar-refractivity contribution in [3.05, 3.63) is 90.0 Å². The van der Waals surface area contributed by atoms with E-state index in [1.54, 1.807) is 18.3 Å². The van der Waals surface area contributed by atoms with E-state index in [1.807, 2.05) is 54.6 Å². The molecule has 0 aliphatic rings. The van der Waals surface area contributed by atoms with Crippen molar-refractivity contribution >= 4 is 17.9 Å². The van der Waals surface area contributed by atoms with E-state index in [0.29, 0.717) is 30.6 Å². The number of carbonyl (C=O) groups is 1. The first-order chi connectivity index (χ1) is 16.2. The van der Waals surface area contributed by atoms with Gasteiger partial charge in [-0.15, -0.1) is 0 Å². The second-order valence-corrected chi connectivity index (χ2v) is 7.66. The van der Waals surface area contributed by atoms with E-state index in [4.69, 9.17) is 9.47 Å². The van der Waals surface area contributed by atoms with E-state index in [9.17, 15) is 4.79 Å². The summed E-state index contributed by atoms with van der Waals surface area (Å²) < 4.78 is 11.7. The van der Waals surface area contributed by atoms with Gasteiger partial charge in [0, 0.05) is 17.7 Å². The summed E-state index contributed by atoms with van der Waals surface area (Å²) in [6.07, 6.45) is 3.44. The van der Waals surface area contributed by atoms with Gasteiger partial charge in [0.2, 0.25) is 0 Å². The predicted molar refractivity (Wildman–Crippen MR) is 133 cm³/mol. The van der Waals surface area contributed by atoms with Crippen LogP contribution in [0.4, 0.5) is 10.5 Å². The number of hydrogen-bond acceptors (Lipinski definition) is 4. The van der Waals surface area contributed by atoms with Crippen LogP contribution in [0.2, 0.25) is 0 Å². The predicted octanol–water partition coefficient (Wildman–Crippen LogP) is 6.20. The molecule has 3 aromatic carbocycles. The van der Waals surface area contributed by atoms with Crippen molar-refractivity contribution in [2.45, 2.75) is 32.6 Å². The average molecular weight is 446 g/mol. The van der Waals surface area contributed by atoms with Crippen LogP contribution in [0.5, 0.6) is 11.5 Å². The summed E-state index contributed by atoms with van der Waals surface area (Å²) in [4.78, 5) is 11.9. The molecular weight excluding hydrogens is 414 g/mol. The molecule has 0 aliphatic carbocycles. The Balaban J connectivity index is 1.41. The van der Waals surface area contributed by atoms with Crippen molar-refractivity contribution < 1.29 is 14.3 Å². The largest absolute Gasteiger partial charge is 0.493 e. The summed E-state index contributed by atoms with van der Waals surface area (Å²) in [5.41, 5.74) is 5.27. The number of benzene rings is 3. The first kappa shape index (κ1) is 23.9. The van der Waals surface area contributed by atoms with Gasteiger partial charge >= 0.3 is 6.03 Å². The molecule has 0 saturated heterocycles. The lowest BCUT2D eigenvalue weighted by Gasteiger charge is -2.12. The minimum absolute atomic E-state index is 0.412. The zero-order valence-electron chi connectivity index (χ0n) is 19.2. The molecule has 0 heterocycles. The van der Waals surface area contributed by atoms with E-state index >= 15 is 0 Å². The van der Waals surface area contributed by atoms with Crippen molar-refractivity contribution in [2.75, 3.05) is 18.5 Å². The Morgan fingerprint density at radius 3 is 2.39 bits per heavy atom. The van der Waals surface area contributed by atoms with Crippen molar-refractivity contribution in [3.63, 3.8) is 0 Å². The van der Waals surface area contributed by atoms with Crippen LogP contribution in [-0.4, -0.2) is 25.5 Å². The molecule has 0 bridgehead atoms. The SMILES string of the molecule is CCC(C)c1ccc(OCCCOc2ccccc2C=NNC(=O)Nc2ccccc2)cc1. The molecule has 2 amide bonds. The molecule has 0 saturated carbocycles. The summed E-state index contributed by atoms with van der Waals surface area (Å²) in [6, 6.07) is 24.6. The van der Waals surface area contributed by atoms with E-state index < -0.39 is 6.03 Å².